The molecule has 1 aromatic rings. The first-order valence-electron chi connectivity index (χ1n) is 7.02. The Balaban J connectivity index is 1.99. The Morgan fingerprint density at radius 2 is 1.84 bits per heavy atom. The zero-order valence-corrected chi connectivity index (χ0v) is 14.5. The summed E-state index contributed by atoms with van der Waals surface area (Å²) >= 11 is 7.23. The van der Waals surface area contributed by atoms with E-state index >= 15 is 0 Å². The van der Waals surface area contributed by atoms with Crippen LogP contribution in [0.25, 0.3) is 0 Å². The fourth-order valence-corrected chi connectivity index (χ4v) is 4.01. The lowest BCUT2D eigenvalue weighted by Gasteiger charge is -2.15. The molecule has 1 fully saturated rings. The minimum Gasteiger partial charge on any atom is -0.491 e. The Kier molecular flexibility index (Phi) is 6.17. The molecule has 0 saturated heterocycles. The predicted molar refractivity (Wildman–Crippen MR) is 86.7 cm³/mol. The van der Waals surface area contributed by atoms with Gasteiger partial charge >= 0.3 is 0 Å². The number of nitrogens with one attached hydrogen (secondary N) is 1. The van der Waals surface area contributed by atoms with Crippen molar-refractivity contribution in [2.24, 2.45) is 5.92 Å². The van der Waals surface area contributed by atoms with Gasteiger partial charge in [-0.05, 0) is 74.9 Å². The van der Waals surface area contributed by atoms with Crippen LogP contribution in [0.1, 0.15) is 38.2 Å². The smallest absolute Gasteiger partial charge is 0.147 e. The molecule has 0 unspecified atom stereocenters. The molecular weight excluding hydrogens is 370 g/mol. The highest BCUT2D eigenvalue weighted by atomic mass is 79.9. The Hall–Kier alpha value is -0.0600. The van der Waals surface area contributed by atoms with E-state index in [0.29, 0.717) is 0 Å². The van der Waals surface area contributed by atoms with Crippen LogP contribution in [-0.4, -0.2) is 13.2 Å². The molecule has 1 aliphatic rings. The van der Waals surface area contributed by atoms with Crippen LogP contribution in [0.5, 0.6) is 5.75 Å². The van der Waals surface area contributed by atoms with E-state index in [-0.39, 0.29) is 0 Å². The average molecular weight is 391 g/mol. The maximum absolute atomic E-state index is 6.00. The summed E-state index contributed by atoms with van der Waals surface area (Å²) in [4.78, 5) is 0. The van der Waals surface area contributed by atoms with Crippen LogP contribution in [0.2, 0.25) is 0 Å². The van der Waals surface area contributed by atoms with E-state index in [0.717, 1.165) is 40.3 Å². The van der Waals surface area contributed by atoms with Gasteiger partial charge in [0, 0.05) is 6.54 Å². The molecule has 0 atom stereocenters. The number of ether oxygens (including phenoxy) is 1. The number of hydrogen-bond acceptors (Lipinski definition) is 2. The number of halogens is 2. The van der Waals surface area contributed by atoms with Crippen molar-refractivity contribution in [1.29, 1.82) is 0 Å². The summed E-state index contributed by atoms with van der Waals surface area (Å²) < 4.78 is 8.07. The van der Waals surface area contributed by atoms with Crippen molar-refractivity contribution in [3.63, 3.8) is 0 Å². The molecular formula is C15H21Br2NO. The predicted octanol–water partition coefficient (Wildman–Crippen LogP) is 4.89. The number of hydrogen-bond donors (Lipinski definition) is 1. The zero-order valence-electron chi connectivity index (χ0n) is 11.3. The van der Waals surface area contributed by atoms with Gasteiger partial charge in [-0.3, -0.25) is 0 Å². The minimum atomic E-state index is 0.736. The highest BCUT2D eigenvalue weighted by Crippen LogP contribution is 2.36. The molecule has 1 aliphatic carbocycles. The van der Waals surface area contributed by atoms with E-state index in [1.807, 2.05) is 0 Å². The fraction of sp³-hybridized carbons (Fsp3) is 0.600. The monoisotopic (exact) mass is 389 g/mol. The Morgan fingerprint density at radius 3 is 2.42 bits per heavy atom. The molecule has 0 aromatic heterocycles. The van der Waals surface area contributed by atoms with Gasteiger partial charge in [0.15, 0.2) is 0 Å². The second kappa shape index (κ2) is 7.65. The normalized spacial score (nSPS) is 15.9. The molecule has 0 bridgehead atoms. The van der Waals surface area contributed by atoms with Crippen LogP contribution in [-0.2, 0) is 6.54 Å². The van der Waals surface area contributed by atoms with Crippen molar-refractivity contribution in [3.05, 3.63) is 26.6 Å². The summed E-state index contributed by atoms with van der Waals surface area (Å²) in [6.45, 7) is 4.82. The Morgan fingerprint density at radius 1 is 1.21 bits per heavy atom. The Bertz CT molecular complexity index is 394. The summed E-state index contributed by atoms with van der Waals surface area (Å²) in [7, 11) is 0. The van der Waals surface area contributed by atoms with E-state index < -0.39 is 0 Å². The van der Waals surface area contributed by atoms with Crippen molar-refractivity contribution in [2.45, 2.75) is 39.2 Å². The van der Waals surface area contributed by atoms with Crippen LogP contribution in [0.3, 0.4) is 0 Å². The molecule has 1 N–H and O–H groups in total. The fourth-order valence-electron chi connectivity index (χ4n) is 2.50. The lowest BCUT2D eigenvalue weighted by molar-refractivity contribution is 0.249. The van der Waals surface area contributed by atoms with Gasteiger partial charge in [-0.25, -0.2) is 0 Å². The van der Waals surface area contributed by atoms with Gasteiger partial charge < -0.3 is 10.1 Å². The third-order valence-corrected chi connectivity index (χ3v) is 4.75. The van der Waals surface area contributed by atoms with Gasteiger partial charge in [0.1, 0.15) is 5.75 Å². The van der Waals surface area contributed by atoms with Crippen molar-refractivity contribution in [1.82, 2.24) is 5.32 Å². The van der Waals surface area contributed by atoms with Crippen molar-refractivity contribution >= 4 is 31.9 Å². The van der Waals surface area contributed by atoms with Gasteiger partial charge in [-0.15, -0.1) is 0 Å². The maximum Gasteiger partial charge on any atom is 0.147 e. The van der Waals surface area contributed by atoms with E-state index in [1.54, 1.807) is 0 Å². The number of benzene rings is 1. The molecule has 2 nitrogen and oxygen atoms in total. The molecule has 2 rings (SSSR count). The summed E-state index contributed by atoms with van der Waals surface area (Å²) in [6, 6.07) is 4.27. The molecule has 0 radical (unpaired) electrons. The van der Waals surface area contributed by atoms with Crippen LogP contribution >= 0.6 is 31.9 Å². The maximum atomic E-state index is 6.00. The van der Waals surface area contributed by atoms with Crippen LogP contribution in [0, 0.1) is 5.92 Å². The standard InChI is InChI=1S/C15H21Br2NO/c1-2-18-9-12-7-13(16)15(14(17)8-12)19-10-11-5-3-4-6-11/h7-8,11,18H,2-6,9-10H2,1H3. The van der Waals surface area contributed by atoms with E-state index in [4.69, 9.17) is 4.74 Å². The van der Waals surface area contributed by atoms with Gasteiger partial charge in [-0.2, -0.15) is 0 Å². The lowest BCUT2D eigenvalue weighted by Crippen LogP contribution is -2.12. The van der Waals surface area contributed by atoms with E-state index in [1.165, 1.54) is 31.2 Å². The summed E-state index contributed by atoms with van der Waals surface area (Å²) in [5.74, 6) is 1.67. The molecule has 0 amide bonds. The molecule has 1 aromatic carbocycles. The van der Waals surface area contributed by atoms with Gasteiger partial charge in [0.05, 0.1) is 15.6 Å². The third kappa shape index (κ3) is 4.47. The Labute approximate surface area is 132 Å². The molecule has 4 heteroatoms. The molecule has 0 heterocycles. The quantitative estimate of drug-likeness (QED) is 0.746. The van der Waals surface area contributed by atoms with E-state index in [2.05, 4.69) is 56.2 Å². The zero-order chi connectivity index (χ0) is 13.7. The first-order valence-corrected chi connectivity index (χ1v) is 8.60. The van der Waals surface area contributed by atoms with Gasteiger partial charge in [-0.1, -0.05) is 19.8 Å². The second-order valence-corrected chi connectivity index (χ2v) is 6.84. The largest absolute Gasteiger partial charge is 0.491 e. The first kappa shape index (κ1) is 15.3. The van der Waals surface area contributed by atoms with Crippen LogP contribution in [0.4, 0.5) is 0 Å². The third-order valence-electron chi connectivity index (χ3n) is 3.58. The highest BCUT2D eigenvalue weighted by molar-refractivity contribution is 9.11. The van der Waals surface area contributed by atoms with Crippen molar-refractivity contribution in [2.75, 3.05) is 13.2 Å². The van der Waals surface area contributed by atoms with Gasteiger partial charge in [0.2, 0.25) is 0 Å². The molecule has 1 saturated carbocycles. The molecule has 19 heavy (non-hydrogen) atoms. The second-order valence-electron chi connectivity index (χ2n) is 5.13. The van der Waals surface area contributed by atoms with Gasteiger partial charge in [0.25, 0.3) is 0 Å². The minimum absolute atomic E-state index is 0.736. The molecule has 106 valence electrons. The van der Waals surface area contributed by atoms with Crippen LogP contribution < -0.4 is 10.1 Å². The molecule has 0 aliphatic heterocycles. The first-order chi connectivity index (χ1) is 9.20. The number of rotatable bonds is 6. The van der Waals surface area contributed by atoms with Crippen LogP contribution in [0.15, 0.2) is 21.1 Å². The summed E-state index contributed by atoms with van der Waals surface area (Å²) in [5.41, 5.74) is 1.26. The lowest BCUT2D eigenvalue weighted by atomic mass is 10.1. The van der Waals surface area contributed by atoms with Crippen molar-refractivity contribution in [3.8, 4) is 5.75 Å². The summed E-state index contributed by atoms with van der Waals surface area (Å²) in [5, 5.41) is 3.33. The summed E-state index contributed by atoms with van der Waals surface area (Å²) in [6.07, 6.45) is 5.34. The van der Waals surface area contributed by atoms with E-state index in [9.17, 15) is 0 Å². The average Bonchev–Trinajstić information content (AvgIpc) is 2.88. The SMILES string of the molecule is CCNCc1cc(Br)c(OCC2CCCC2)c(Br)c1. The van der Waals surface area contributed by atoms with Crippen molar-refractivity contribution < 1.29 is 4.74 Å². The topological polar surface area (TPSA) is 21.3 Å². The molecule has 0 spiro atoms. The highest BCUT2D eigenvalue weighted by Gasteiger charge is 2.17.